The lowest BCUT2D eigenvalue weighted by Gasteiger charge is -2.35. The van der Waals surface area contributed by atoms with Crippen molar-refractivity contribution in [3.05, 3.63) is 60.2 Å². The predicted octanol–water partition coefficient (Wildman–Crippen LogP) is 2.74. The highest BCUT2D eigenvalue weighted by Gasteiger charge is 2.24. The molecule has 0 N–H and O–H groups in total. The molecule has 1 fully saturated rings. The fourth-order valence-electron chi connectivity index (χ4n) is 3.34. The van der Waals surface area contributed by atoms with Gasteiger partial charge < -0.3 is 14.5 Å². The van der Waals surface area contributed by atoms with Crippen LogP contribution < -0.4 is 9.64 Å². The van der Waals surface area contributed by atoms with Gasteiger partial charge in [0, 0.05) is 43.2 Å². The van der Waals surface area contributed by atoms with Crippen LogP contribution in [0.15, 0.2) is 48.8 Å². The number of rotatable bonds is 3. The Hall–Kier alpha value is -3.22. The van der Waals surface area contributed by atoms with Crippen LogP contribution in [-0.2, 0) is 0 Å². The van der Waals surface area contributed by atoms with Crippen molar-refractivity contribution in [3.8, 4) is 5.75 Å². The van der Waals surface area contributed by atoms with Crippen LogP contribution in [0.4, 0.5) is 10.2 Å². The van der Waals surface area contributed by atoms with Gasteiger partial charge in [-0.2, -0.15) is 0 Å². The van der Waals surface area contributed by atoms with Crippen LogP contribution in [0.5, 0.6) is 5.75 Å². The third-order valence-electron chi connectivity index (χ3n) is 4.78. The molecule has 3 aromatic rings. The maximum Gasteiger partial charge on any atom is 0.253 e. The summed E-state index contributed by atoms with van der Waals surface area (Å²) in [6.07, 6.45) is 1.44. The molecule has 6 nitrogen and oxygen atoms in total. The first-order valence-electron chi connectivity index (χ1n) is 8.75. The summed E-state index contributed by atoms with van der Waals surface area (Å²) in [6.45, 7) is 2.48. The van der Waals surface area contributed by atoms with Crippen LogP contribution in [0.3, 0.4) is 0 Å². The lowest BCUT2D eigenvalue weighted by molar-refractivity contribution is 0.0746. The number of hydrogen-bond acceptors (Lipinski definition) is 5. The van der Waals surface area contributed by atoms with E-state index in [2.05, 4.69) is 14.9 Å². The van der Waals surface area contributed by atoms with Crippen LogP contribution in [-0.4, -0.2) is 54.1 Å². The minimum atomic E-state index is -0.451. The molecule has 1 aromatic heterocycles. The number of benzene rings is 2. The van der Waals surface area contributed by atoms with Crippen molar-refractivity contribution >= 4 is 22.6 Å². The van der Waals surface area contributed by atoms with Gasteiger partial charge in [-0.15, -0.1) is 0 Å². The van der Waals surface area contributed by atoms with Crippen LogP contribution in [0.25, 0.3) is 10.9 Å². The summed E-state index contributed by atoms with van der Waals surface area (Å²) >= 11 is 0. The number of piperazine rings is 1. The number of halogens is 1. The molecule has 0 aliphatic carbocycles. The Kier molecular flexibility index (Phi) is 4.58. The fraction of sp³-hybridized carbons (Fsp3) is 0.250. The summed E-state index contributed by atoms with van der Waals surface area (Å²) < 4.78 is 19.0. The molecule has 0 bridgehead atoms. The highest BCUT2D eigenvalue weighted by Crippen LogP contribution is 2.29. The first kappa shape index (κ1) is 17.2. The van der Waals surface area contributed by atoms with Crippen LogP contribution in [0, 0.1) is 5.82 Å². The van der Waals surface area contributed by atoms with E-state index in [1.54, 1.807) is 6.07 Å². The van der Waals surface area contributed by atoms with E-state index < -0.39 is 5.82 Å². The fourth-order valence-corrected chi connectivity index (χ4v) is 3.34. The second-order valence-electron chi connectivity index (χ2n) is 6.35. The van der Waals surface area contributed by atoms with Crippen molar-refractivity contribution in [2.45, 2.75) is 0 Å². The number of anilines is 1. The van der Waals surface area contributed by atoms with Gasteiger partial charge in [-0.3, -0.25) is 4.79 Å². The Morgan fingerprint density at radius 1 is 1.07 bits per heavy atom. The molecule has 1 aliphatic rings. The number of aromatic nitrogens is 2. The number of ether oxygens (including phenoxy) is 1. The lowest BCUT2D eigenvalue weighted by Crippen LogP contribution is -2.49. The Balaban J connectivity index is 1.55. The average Bonchev–Trinajstić information content (AvgIpc) is 2.73. The Bertz CT molecular complexity index is 972. The van der Waals surface area contributed by atoms with Gasteiger partial charge >= 0.3 is 0 Å². The Labute approximate surface area is 156 Å². The first-order valence-corrected chi connectivity index (χ1v) is 8.75. The minimum Gasteiger partial charge on any atom is -0.494 e. The topological polar surface area (TPSA) is 58.6 Å². The van der Waals surface area contributed by atoms with Crippen LogP contribution >= 0.6 is 0 Å². The van der Waals surface area contributed by atoms with Crippen molar-refractivity contribution in [1.29, 1.82) is 0 Å². The van der Waals surface area contributed by atoms with Crippen molar-refractivity contribution < 1.29 is 13.9 Å². The molecule has 0 atom stereocenters. The number of fused-ring (bicyclic) bond motifs is 1. The van der Waals surface area contributed by atoms with E-state index in [0.717, 1.165) is 11.2 Å². The van der Waals surface area contributed by atoms with Gasteiger partial charge in [0.05, 0.1) is 12.6 Å². The molecule has 1 amide bonds. The lowest BCUT2D eigenvalue weighted by atomic mass is 10.1. The second kappa shape index (κ2) is 7.19. The third-order valence-corrected chi connectivity index (χ3v) is 4.78. The van der Waals surface area contributed by atoms with Crippen LogP contribution in [0.2, 0.25) is 0 Å². The monoisotopic (exact) mass is 366 g/mol. The maximum absolute atomic E-state index is 14.0. The zero-order chi connectivity index (χ0) is 18.8. The molecule has 2 heterocycles. The van der Waals surface area contributed by atoms with E-state index in [0.29, 0.717) is 37.3 Å². The van der Waals surface area contributed by atoms with Gasteiger partial charge in [-0.05, 0) is 18.2 Å². The van der Waals surface area contributed by atoms with Crippen molar-refractivity contribution in [3.63, 3.8) is 0 Å². The summed E-state index contributed by atoms with van der Waals surface area (Å²) in [6, 6.07) is 12.3. The third kappa shape index (κ3) is 3.28. The molecule has 138 valence electrons. The number of methoxy groups -OCH3 is 1. The van der Waals surface area contributed by atoms with E-state index in [9.17, 15) is 9.18 Å². The van der Waals surface area contributed by atoms with Gasteiger partial charge in [0.15, 0.2) is 11.6 Å². The van der Waals surface area contributed by atoms with Gasteiger partial charge in [-0.25, -0.2) is 14.4 Å². The molecular weight excluding hydrogens is 347 g/mol. The first-order chi connectivity index (χ1) is 13.2. The van der Waals surface area contributed by atoms with Gasteiger partial charge in [0.1, 0.15) is 12.1 Å². The molecule has 27 heavy (non-hydrogen) atoms. The second-order valence-corrected chi connectivity index (χ2v) is 6.35. The van der Waals surface area contributed by atoms with E-state index in [1.165, 1.54) is 19.5 Å². The number of hydrogen-bond donors (Lipinski definition) is 0. The highest BCUT2D eigenvalue weighted by molar-refractivity contribution is 5.94. The molecular formula is C20H19FN4O2. The van der Waals surface area contributed by atoms with Crippen molar-refractivity contribution in [1.82, 2.24) is 14.9 Å². The largest absolute Gasteiger partial charge is 0.494 e. The predicted molar refractivity (Wildman–Crippen MR) is 101 cm³/mol. The smallest absolute Gasteiger partial charge is 0.253 e. The number of carbonyl (C=O) groups excluding carboxylic acids is 1. The molecule has 0 saturated carbocycles. The van der Waals surface area contributed by atoms with E-state index in [4.69, 9.17) is 4.74 Å². The van der Waals surface area contributed by atoms with Gasteiger partial charge in [0.25, 0.3) is 5.91 Å². The summed E-state index contributed by atoms with van der Waals surface area (Å²) in [5, 5.41) is 0.735. The van der Waals surface area contributed by atoms with E-state index in [-0.39, 0.29) is 11.7 Å². The summed E-state index contributed by atoms with van der Waals surface area (Å²) in [5.41, 5.74) is 1.22. The normalized spacial score (nSPS) is 14.4. The summed E-state index contributed by atoms with van der Waals surface area (Å²) in [7, 11) is 1.43. The number of nitrogens with zero attached hydrogens (tertiary/aromatic N) is 4. The van der Waals surface area contributed by atoms with E-state index >= 15 is 0 Å². The summed E-state index contributed by atoms with van der Waals surface area (Å²) in [5.74, 6) is 0.473. The molecule has 7 heteroatoms. The average molecular weight is 366 g/mol. The molecule has 1 saturated heterocycles. The molecule has 4 rings (SSSR count). The number of carbonyl (C=O) groups is 1. The maximum atomic E-state index is 14.0. The zero-order valence-electron chi connectivity index (χ0n) is 14.9. The Morgan fingerprint density at radius 3 is 2.52 bits per heavy atom. The van der Waals surface area contributed by atoms with E-state index in [1.807, 2.05) is 35.2 Å². The Morgan fingerprint density at radius 2 is 1.81 bits per heavy atom. The molecule has 1 aliphatic heterocycles. The molecule has 0 spiro atoms. The molecule has 2 aromatic carbocycles. The SMILES string of the molecule is COc1cc2c(N3CCN(C(=O)c4ccccc4)CC3)ncnc2cc1F. The van der Waals surface area contributed by atoms with Crippen LogP contribution in [0.1, 0.15) is 10.4 Å². The standard InChI is InChI=1S/C20H19FN4O2/c1-27-18-11-15-17(12-16(18)21)22-13-23-19(15)24-7-9-25(10-8-24)20(26)14-5-3-2-4-6-14/h2-6,11-13H,7-10H2,1H3. The van der Waals surface area contributed by atoms with Crippen molar-refractivity contribution in [2.24, 2.45) is 0 Å². The number of amides is 1. The van der Waals surface area contributed by atoms with Gasteiger partial charge in [-0.1, -0.05) is 18.2 Å². The quantitative estimate of drug-likeness (QED) is 0.713. The highest BCUT2D eigenvalue weighted by atomic mass is 19.1. The molecule has 0 unspecified atom stereocenters. The minimum absolute atomic E-state index is 0.0338. The zero-order valence-corrected chi connectivity index (χ0v) is 14.9. The molecule has 0 radical (unpaired) electrons. The van der Waals surface area contributed by atoms with Crippen molar-refractivity contribution in [2.75, 3.05) is 38.2 Å². The van der Waals surface area contributed by atoms with Gasteiger partial charge in [0.2, 0.25) is 0 Å². The summed E-state index contributed by atoms with van der Waals surface area (Å²) in [4.78, 5) is 25.1.